The van der Waals surface area contributed by atoms with E-state index in [1.54, 1.807) is 11.8 Å². The number of hydrogen-bond acceptors (Lipinski definition) is 6. The SMILES string of the molecule is Cc1nsc(SCCC2OCCCO2)n1. The minimum absolute atomic E-state index is 0.0136. The van der Waals surface area contributed by atoms with Crippen LogP contribution >= 0.6 is 23.3 Å². The van der Waals surface area contributed by atoms with Gasteiger partial charge in [0.25, 0.3) is 0 Å². The molecule has 2 rings (SSSR count). The predicted molar refractivity (Wildman–Crippen MR) is 60.3 cm³/mol. The number of hydrogen-bond donors (Lipinski definition) is 0. The maximum absolute atomic E-state index is 5.45. The summed E-state index contributed by atoms with van der Waals surface area (Å²) in [5.74, 6) is 1.83. The Morgan fingerprint density at radius 3 is 2.93 bits per heavy atom. The van der Waals surface area contributed by atoms with Gasteiger partial charge in [0, 0.05) is 12.2 Å². The summed E-state index contributed by atoms with van der Waals surface area (Å²) in [5, 5.41) is 0. The maximum Gasteiger partial charge on any atom is 0.170 e. The Balaban J connectivity index is 1.65. The zero-order chi connectivity index (χ0) is 10.5. The molecule has 1 aliphatic heterocycles. The minimum Gasteiger partial charge on any atom is -0.353 e. The van der Waals surface area contributed by atoms with E-state index < -0.39 is 0 Å². The second kappa shape index (κ2) is 5.79. The molecular weight excluding hydrogens is 232 g/mol. The number of nitrogens with zero attached hydrogens (tertiary/aromatic N) is 2. The lowest BCUT2D eigenvalue weighted by Gasteiger charge is -2.22. The molecule has 0 aliphatic carbocycles. The second-order valence-electron chi connectivity index (χ2n) is 3.27. The third kappa shape index (κ3) is 3.71. The van der Waals surface area contributed by atoms with Gasteiger partial charge in [-0.15, -0.1) is 0 Å². The van der Waals surface area contributed by atoms with E-state index in [1.165, 1.54) is 11.5 Å². The van der Waals surface area contributed by atoms with Crippen LogP contribution in [0.3, 0.4) is 0 Å². The van der Waals surface area contributed by atoms with Crippen LogP contribution in [0, 0.1) is 6.92 Å². The zero-order valence-electron chi connectivity index (χ0n) is 8.64. The summed E-state index contributed by atoms with van der Waals surface area (Å²) in [5.41, 5.74) is 0. The number of thioether (sulfide) groups is 1. The van der Waals surface area contributed by atoms with Gasteiger partial charge in [-0.1, -0.05) is 11.8 Å². The Bertz CT molecular complexity index is 300. The highest BCUT2D eigenvalue weighted by Crippen LogP contribution is 2.22. The molecule has 0 amide bonds. The molecule has 1 aromatic rings. The Labute approximate surface area is 97.6 Å². The first-order chi connectivity index (χ1) is 7.34. The smallest absolute Gasteiger partial charge is 0.170 e. The van der Waals surface area contributed by atoms with E-state index in [1.807, 2.05) is 6.92 Å². The van der Waals surface area contributed by atoms with Gasteiger partial charge in [0.15, 0.2) is 10.6 Å². The van der Waals surface area contributed by atoms with Gasteiger partial charge >= 0.3 is 0 Å². The van der Waals surface area contributed by atoms with E-state index in [9.17, 15) is 0 Å². The molecule has 0 N–H and O–H groups in total. The molecule has 0 spiro atoms. The van der Waals surface area contributed by atoms with Crippen LogP contribution in [0.25, 0.3) is 0 Å². The fraction of sp³-hybridized carbons (Fsp3) is 0.778. The molecule has 15 heavy (non-hydrogen) atoms. The quantitative estimate of drug-likeness (QED) is 0.761. The third-order valence-corrected chi connectivity index (χ3v) is 3.94. The van der Waals surface area contributed by atoms with Crippen LogP contribution in [0.4, 0.5) is 0 Å². The lowest BCUT2D eigenvalue weighted by Crippen LogP contribution is -2.25. The molecule has 0 atom stereocenters. The van der Waals surface area contributed by atoms with E-state index in [0.717, 1.165) is 42.0 Å². The van der Waals surface area contributed by atoms with Gasteiger partial charge in [0.2, 0.25) is 0 Å². The van der Waals surface area contributed by atoms with Crippen LogP contribution < -0.4 is 0 Å². The molecule has 0 aromatic carbocycles. The minimum atomic E-state index is -0.0136. The molecule has 0 unspecified atom stereocenters. The molecule has 4 nitrogen and oxygen atoms in total. The van der Waals surface area contributed by atoms with Crippen LogP contribution in [0.1, 0.15) is 18.7 Å². The van der Waals surface area contributed by atoms with Crippen LogP contribution in [0.2, 0.25) is 0 Å². The highest BCUT2D eigenvalue weighted by Gasteiger charge is 2.14. The van der Waals surface area contributed by atoms with Gasteiger partial charge in [-0.3, -0.25) is 0 Å². The third-order valence-electron chi connectivity index (χ3n) is 1.98. The average molecular weight is 246 g/mol. The molecule has 0 radical (unpaired) electrons. The lowest BCUT2D eigenvalue weighted by atomic mass is 10.4. The van der Waals surface area contributed by atoms with Crippen molar-refractivity contribution in [2.75, 3.05) is 19.0 Å². The average Bonchev–Trinajstić information content (AvgIpc) is 2.66. The fourth-order valence-corrected chi connectivity index (χ4v) is 2.96. The monoisotopic (exact) mass is 246 g/mol. The van der Waals surface area contributed by atoms with E-state index in [4.69, 9.17) is 9.47 Å². The van der Waals surface area contributed by atoms with Crippen molar-refractivity contribution in [1.82, 2.24) is 9.36 Å². The summed E-state index contributed by atoms with van der Waals surface area (Å²) in [6.45, 7) is 3.56. The van der Waals surface area contributed by atoms with Gasteiger partial charge in [-0.25, -0.2) is 4.98 Å². The summed E-state index contributed by atoms with van der Waals surface area (Å²) in [6.07, 6.45) is 1.92. The summed E-state index contributed by atoms with van der Waals surface area (Å²) in [6, 6.07) is 0. The molecule has 0 bridgehead atoms. The summed E-state index contributed by atoms with van der Waals surface area (Å²) < 4.78 is 16.1. The van der Waals surface area contributed by atoms with Gasteiger partial charge in [-0.2, -0.15) is 4.37 Å². The summed E-state index contributed by atoms with van der Waals surface area (Å²) >= 11 is 3.18. The van der Waals surface area contributed by atoms with E-state index >= 15 is 0 Å². The van der Waals surface area contributed by atoms with Crippen LogP contribution in [-0.2, 0) is 9.47 Å². The van der Waals surface area contributed by atoms with Crippen LogP contribution in [-0.4, -0.2) is 34.6 Å². The Morgan fingerprint density at radius 1 is 1.47 bits per heavy atom. The van der Waals surface area contributed by atoms with Crippen molar-refractivity contribution in [3.8, 4) is 0 Å². The van der Waals surface area contributed by atoms with E-state index in [2.05, 4.69) is 9.36 Å². The van der Waals surface area contributed by atoms with E-state index in [0.29, 0.717) is 0 Å². The Hall–Kier alpha value is -0.170. The van der Waals surface area contributed by atoms with Crippen LogP contribution in [0.5, 0.6) is 0 Å². The first-order valence-corrected chi connectivity index (χ1v) is 6.77. The standard InChI is InChI=1S/C9H14N2O2S2/c1-7-10-9(15-11-7)14-6-3-8-12-4-2-5-13-8/h8H,2-6H2,1H3. The molecule has 2 heterocycles. The Kier molecular flexibility index (Phi) is 4.37. The van der Waals surface area contributed by atoms with Gasteiger partial charge in [-0.05, 0) is 24.9 Å². The zero-order valence-corrected chi connectivity index (χ0v) is 10.3. The molecule has 0 saturated carbocycles. The van der Waals surface area contributed by atoms with Crippen molar-refractivity contribution >= 4 is 23.3 Å². The molecule has 1 saturated heterocycles. The normalized spacial score (nSPS) is 18.2. The van der Waals surface area contributed by atoms with Crippen molar-refractivity contribution in [3.05, 3.63) is 5.82 Å². The highest BCUT2D eigenvalue weighted by atomic mass is 32.2. The largest absolute Gasteiger partial charge is 0.353 e. The number of ether oxygens (including phenoxy) is 2. The summed E-state index contributed by atoms with van der Waals surface area (Å²) in [4.78, 5) is 4.28. The van der Waals surface area contributed by atoms with Gasteiger partial charge in [0.1, 0.15) is 5.82 Å². The molecular formula is C9H14N2O2S2. The van der Waals surface area contributed by atoms with Gasteiger partial charge < -0.3 is 9.47 Å². The Morgan fingerprint density at radius 2 is 2.27 bits per heavy atom. The maximum atomic E-state index is 5.45. The molecule has 1 aromatic heterocycles. The first kappa shape index (κ1) is 11.3. The van der Waals surface area contributed by atoms with Crippen molar-refractivity contribution in [3.63, 3.8) is 0 Å². The van der Waals surface area contributed by atoms with E-state index in [-0.39, 0.29) is 6.29 Å². The first-order valence-electron chi connectivity index (χ1n) is 5.01. The fourth-order valence-electron chi connectivity index (χ4n) is 1.28. The van der Waals surface area contributed by atoms with Crippen molar-refractivity contribution in [2.45, 2.75) is 30.4 Å². The van der Waals surface area contributed by atoms with Crippen molar-refractivity contribution < 1.29 is 9.47 Å². The van der Waals surface area contributed by atoms with Gasteiger partial charge in [0.05, 0.1) is 13.2 Å². The highest BCUT2D eigenvalue weighted by molar-refractivity contribution is 8.00. The topological polar surface area (TPSA) is 44.2 Å². The number of aromatic nitrogens is 2. The number of rotatable bonds is 4. The molecule has 6 heteroatoms. The molecule has 1 fully saturated rings. The predicted octanol–water partition coefficient (Wildman–Crippen LogP) is 2.09. The van der Waals surface area contributed by atoms with Crippen molar-refractivity contribution in [2.24, 2.45) is 0 Å². The number of aryl methyl sites for hydroxylation is 1. The molecule has 84 valence electrons. The summed E-state index contributed by atoms with van der Waals surface area (Å²) in [7, 11) is 0. The molecule has 1 aliphatic rings. The second-order valence-corrected chi connectivity index (χ2v) is 5.36. The lowest BCUT2D eigenvalue weighted by molar-refractivity contribution is -0.178. The van der Waals surface area contributed by atoms with Crippen LogP contribution in [0.15, 0.2) is 4.34 Å². The van der Waals surface area contributed by atoms with Crippen molar-refractivity contribution in [1.29, 1.82) is 0 Å².